The van der Waals surface area contributed by atoms with Crippen LogP contribution in [0.3, 0.4) is 0 Å². The van der Waals surface area contributed by atoms with Crippen molar-refractivity contribution in [2.45, 2.75) is 51.9 Å². The second-order valence-electron chi connectivity index (χ2n) is 6.19. The average molecular weight is 409 g/mol. The summed E-state index contributed by atoms with van der Waals surface area (Å²) in [7, 11) is 0. The zero-order chi connectivity index (χ0) is 21.1. The molecule has 5 nitrogen and oxygen atoms in total. The topological polar surface area (TPSA) is 70.2 Å². The molecule has 3 amide bonds. The number of urea groups is 1. The minimum Gasteiger partial charge on any atom is -0.356 e. The number of amides is 3. The Morgan fingerprint density at radius 3 is 1.86 bits per heavy atom. The molecule has 0 aliphatic rings. The summed E-state index contributed by atoms with van der Waals surface area (Å²) in [5, 5.41) is 6.34. The third-order valence-corrected chi connectivity index (χ3v) is 3.94. The van der Waals surface area contributed by atoms with Crippen molar-refractivity contribution in [1.29, 1.82) is 0 Å². The van der Waals surface area contributed by atoms with E-state index in [0.29, 0.717) is 6.54 Å². The van der Waals surface area contributed by atoms with Gasteiger partial charge in [0.25, 0.3) is 0 Å². The fraction of sp³-hybridized carbons (Fsp3) is 0.556. The number of carbonyl (C=O) groups excluding carboxylic acids is 2. The Morgan fingerprint density at radius 2 is 1.25 bits per heavy atom. The van der Waals surface area contributed by atoms with Crippen LogP contribution in [0.2, 0.25) is 0 Å². The van der Waals surface area contributed by atoms with Crippen LogP contribution in [0.5, 0.6) is 0 Å². The number of rotatable bonds is 11. The molecule has 1 aromatic rings. The van der Waals surface area contributed by atoms with E-state index in [0.717, 1.165) is 32.1 Å². The van der Waals surface area contributed by atoms with E-state index < -0.39 is 40.8 Å². The fourth-order valence-electron chi connectivity index (χ4n) is 2.38. The van der Waals surface area contributed by atoms with Crippen molar-refractivity contribution in [2.24, 2.45) is 0 Å². The third kappa shape index (κ3) is 7.32. The second-order valence-corrected chi connectivity index (χ2v) is 6.19. The van der Waals surface area contributed by atoms with Crippen LogP contribution in [0.15, 0.2) is 0 Å². The number of hydrogen-bond donors (Lipinski definition) is 3. The highest BCUT2D eigenvalue weighted by Crippen LogP contribution is 2.26. The number of unbranched alkanes of at least 4 members (excludes halogenated alkanes) is 5. The largest absolute Gasteiger partial charge is 0.356 e. The molecule has 0 saturated heterocycles. The highest BCUT2D eigenvalue weighted by molar-refractivity contribution is 5.90. The van der Waals surface area contributed by atoms with Gasteiger partial charge in [-0.3, -0.25) is 4.79 Å². The van der Waals surface area contributed by atoms with Gasteiger partial charge in [0.2, 0.25) is 11.7 Å². The average Bonchev–Trinajstić information content (AvgIpc) is 2.67. The van der Waals surface area contributed by atoms with Gasteiger partial charge in [-0.2, -0.15) is 0 Å². The molecular formula is C18H24F5N3O2. The molecule has 0 bridgehead atoms. The lowest BCUT2D eigenvalue weighted by molar-refractivity contribution is -0.120. The van der Waals surface area contributed by atoms with E-state index in [4.69, 9.17) is 0 Å². The highest BCUT2D eigenvalue weighted by atomic mass is 19.2. The minimum atomic E-state index is -2.32. The van der Waals surface area contributed by atoms with Gasteiger partial charge >= 0.3 is 6.03 Å². The predicted octanol–water partition coefficient (Wildman–Crippen LogP) is 4.37. The van der Waals surface area contributed by atoms with Gasteiger partial charge in [0.05, 0.1) is 0 Å². The number of hydrogen-bond acceptors (Lipinski definition) is 2. The molecular weight excluding hydrogens is 385 g/mol. The molecule has 0 heterocycles. The van der Waals surface area contributed by atoms with E-state index in [1.807, 2.05) is 0 Å². The molecule has 0 atom stereocenters. The Morgan fingerprint density at radius 1 is 0.714 bits per heavy atom. The number of anilines is 1. The standard InChI is InChI=1S/C18H24F5N3O2/c1-2-3-4-5-6-7-9-24-11(27)8-10-25-18(28)26-17-15(22)13(20)12(19)14(21)16(17)23/h2-10H2,1H3,(H,24,27)(H2,25,26,28). The number of halogens is 5. The summed E-state index contributed by atoms with van der Waals surface area (Å²) in [6, 6.07) is -1.20. The molecule has 1 rings (SSSR count). The number of benzene rings is 1. The van der Waals surface area contributed by atoms with Crippen LogP contribution in [-0.4, -0.2) is 25.0 Å². The molecule has 10 heteroatoms. The molecule has 0 fully saturated rings. The lowest BCUT2D eigenvalue weighted by Gasteiger charge is -2.11. The number of nitrogens with one attached hydrogen (secondary N) is 3. The van der Waals surface area contributed by atoms with Crippen LogP contribution in [0.25, 0.3) is 0 Å². The highest BCUT2D eigenvalue weighted by Gasteiger charge is 2.26. The van der Waals surface area contributed by atoms with Crippen LogP contribution in [0.4, 0.5) is 32.4 Å². The van der Waals surface area contributed by atoms with E-state index in [1.165, 1.54) is 6.42 Å². The Hall–Kier alpha value is -2.39. The first kappa shape index (κ1) is 23.6. The van der Waals surface area contributed by atoms with E-state index >= 15 is 0 Å². The quantitative estimate of drug-likeness (QED) is 0.220. The van der Waals surface area contributed by atoms with Gasteiger partial charge in [-0.15, -0.1) is 0 Å². The third-order valence-electron chi connectivity index (χ3n) is 3.94. The molecule has 3 N–H and O–H groups in total. The maximum atomic E-state index is 13.5. The van der Waals surface area contributed by atoms with Gasteiger partial charge in [0, 0.05) is 19.5 Å². The lowest BCUT2D eigenvalue weighted by atomic mass is 10.1. The van der Waals surface area contributed by atoms with Gasteiger partial charge in [-0.1, -0.05) is 39.0 Å². The summed E-state index contributed by atoms with van der Waals surface area (Å²) in [6.07, 6.45) is 6.34. The number of carbonyl (C=O) groups is 2. The van der Waals surface area contributed by atoms with Crippen molar-refractivity contribution in [3.8, 4) is 0 Å². The van der Waals surface area contributed by atoms with Gasteiger partial charge < -0.3 is 16.0 Å². The SMILES string of the molecule is CCCCCCCCNC(=O)CCNC(=O)Nc1c(F)c(F)c(F)c(F)c1F. The zero-order valence-corrected chi connectivity index (χ0v) is 15.6. The Labute approximate surface area is 160 Å². The first-order valence-corrected chi connectivity index (χ1v) is 9.12. The summed E-state index contributed by atoms with van der Waals surface area (Å²) in [5.41, 5.74) is -1.46. The van der Waals surface area contributed by atoms with Gasteiger partial charge in [-0.25, -0.2) is 26.7 Å². The van der Waals surface area contributed by atoms with Crippen LogP contribution in [0, 0.1) is 29.1 Å². The maximum absolute atomic E-state index is 13.5. The molecule has 0 spiro atoms. The van der Waals surface area contributed by atoms with E-state index in [2.05, 4.69) is 17.6 Å². The van der Waals surface area contributed by atoms with Gasteiger partial charge in [0.1, 0.15) is 5.69 Å². The molecule has 28 heavy (non-hydrogen) atoms. The van der Waals surface area contributed by atoms with Crippen LogP contribution >= 0.6 is 0 Å². The summed E-state index contributed by atoms with van der Waals surface area (Å²) in [5.74, 6) is -11.3. The van der Waals surface area contributed by atoms with Crippen molar-refractivity contribution < 1.29 is 31.5 Å². The Kier molecular flexibility index (Phi) is 10.3. The van der Waals surface area contributed by atoms with Crippen molar-refractivity contribution in [3.05, 3.63) is 29.1 Å². The smallest absolute Gasteiger partial charge is 0.319 e. The molecule has 0 unspecified atom stereocenters. The van der Waals surface area contributed by atoms with Crippen molar-refractivity contribution >= 4 is 17.6 Å². The molecule has 158 valence electrons. The van der Waals surface area contributed by atoms with Gasteiger partial charge in [0.15, 0.2) is 23.3 Å². The molecule has 0 aliphatic carbocycles. The van der Waals surface area contributed by atoms with E-state index in [-0.39, 0.29) is 18.9 Å². The summed E-state index contributed by atoms with van der Waals surface area (Å²) >= 11 is 0. The fourth-order valence-corrected chi connectivity index (χ4v) is 2.38. The molecule has 0 saturated carbocycles. The molecule has 0 radical (unpaired) electrons. The van der Waals surface area contributed by atoms with Crippen molar-refractivity contribution in [3.63, 3.8) is 0 Å². The Bertz CT molecular complexity index is 657. The molecule has 1 aromatic carbocycles. The van der Waals surface area contributed by atoms with E-state index in [1.54, 1.807) is 5.32 Å². The summed E-state index contributed by atoms with van der Waals surface area (Å²) < 4.78 is 66.0. The molecule has 0 aliphatic heterocycles. The minimum absolute atomic E-state index is 0.0969. The van der Waals surface area contributed by atoms with Crippen LogP contribution < -0.4 is 16.0 Å². The zero-order valence-electron chi connectivity index (χ0n) is 15.6. The summed E-state index contributed by atoms with van der Waals surface area (Å²) in [4.78, 5) is 23.2. The monoisotopic (exact) mass is 409 g/mol. The van der Waals surface area contributed by atoms with Crippen LogP contribution in [-0.2, 0) is 4.79 Å². The predicted molar refractivity (Wildman–Crippen MR) is 94.3 cm³/mol. The van der Waals surface area contributed by atoms with Crippen molar-refractivity contribution in [2.75, 3.05) is 18.4 Å². The lowest BCUT2D eigenvalue weighted by Crippen LogP contribution is -2.34. The van der Waals surface area contributed by atoms with Crippen molar-refractivity contribution in [1.82, 2.24) is 10.6 Å². The maximum Gasteiger partial charge on any atom is 0.319 e. The summed E-state index contributed by atoms with van der Waals surface area (Å²) in [6.45, 7) is 2.45. The first-order valence-electron chi connectivity index (χ1n) is 9.12. The normalized spacial score (nSPS) is 10.6. The first-order chi connectivity index (χ1) is 13.3. The molecule has 0 aromatic heterocycles. The van der Waals surface area contributed by atoms with E-state index in [9.17, 15) is 31.5 Å². The Balaban J connectivity index is 2.32. The van der Waals surface area contributed by atoms with Gasteiger partial charge in [-0.05, 0) is 6.42 Å². The second kappa shape index (κ2) is 12.1. The van der Waals surface area contributed by atoms with Crippen LogP contribution in [0.1, 0.15) is 51.9 Å².